The SMILES string of the molecule is COC(=O)/C=C/c1cccc(N(Cc2ccc3c(c2OC)OC(C)(C)C=C3)C(=O)c2cccc3ccccc23)c1. The molecule has 0 atom stereocenters. The molecule has 0 unspecified atom stereocenters. The van der Waals surface area contributed by atoms with Crippen LogP contribution < -0.4 is 14.4 Å². The fourth-order valence-electron chi connectivity index (χ4n) is 4.83. The zero-order valence-corrected chi connectivity index (χ0v) is 23.0. The average Bonchev–Trinajstić information content (AvgIpc) is 2.97. The lowest BCUT2D eigenvalue weighted by molar-refractivity contribution is -0.134. The number of carbonyl (C=O) groups is 2. The lowest BCUT2D eigenvalue weighted by atomic mass is 9.99. The highest BCUT2D eigenvalue weighted by molar-refractivity contribution is 6.14. The molecule has 4 aromatic carbocycles. The summed E-state index contributed by atoms with van der Waals surface area (Å²) in [7, 11) is 2.95. The molecule has 1 aliphatic rings. The van der Waals surface area contributed by atoms with Crippen molar-refractivity contribution in [3.8, 4) is 11.5 Å². The number of fused-ring (bicyclic) bond motifs is 2. The lowest BCUT2D eigenvalue weighted by Crippen LogP contribution is -2.31. The summed E-state index contributed by atoms with van der Waals surface area (Å²) in [5.41, 5.74) is 3.25. The summed E-state index contributed by atoms with van der Waals surface area (Å²) in [6.45, 7) is 4.21. The Labute approximate surface area is 234 Å². The van der Waals surface area contributed by atoms with E-state index in [0.29, 0.717) is 22.7 Å². The minimum absolute atomic E-state index is 0.160. The molecule has 0 saturated heterocycles. The molecule has 0 aromatic heterocycles. The van der Waals surface area contributed by atoms with Crippen LogP contribution in [0.2, 0.25) is 0 Å². The number of hydrogen-bond donors (Lipinski definition) is 0. The predicted octanol–water partition coefficient (Wildman–Crippen LogP) is 7.07. The third-order valence-corrected chi connectivity index (χ3v) is 6.85. The zero-order chi connectivity index (χ0) is 28.3. The number of ether oxygens (including phenoxy) is 3. The van der Waals surface area contributed by atoms with Gasteiger partial charge in [0.1, 0.15) is 5.60 Å². The van der Waals surface area contributed by atoms with Gasteiger partial charge in [-0.25, -0.2) is 4.79 Å². The smallest absolute Gasteiger partial charge is 0.330 e. The molecule has 40 heavy (non-hydrogen) atoms. The van der Waals surface area contributed by atoms with Crippen molar-refractivity contribution in [1.29, 1.82) is 0 Å². The molecule has 0 fully saturated rings. The van der Waals surface area contributed by atoms with Gasteiger partial charge in [-0.15, -0.1) is 0 Å². The van der Waals surface area contributed by atoms with Crippen molar-refractivity contribution in [3.63, 3.8) is 0 Å². The van der Waals surface area contributed by atoms with Crippen LogP contribution in [0.5, 0.6) is 11.5 Å². The maximum absolute atomic E-state index is 14.3. The highest BCUT2D eigenvalue weighted by Crippen LogP contribution is 2.42. The number of nitrogens with zero attached hydrogens (tertiary/aromatic N) is 1. The molecule has 0 aliphatic carbocycles. The number of methoxy groups -OCH3 is 2. The second kappa shape index (κ2) is 11.1. The van der Waals surface area contributed by atoms with Crippen molar-refractivity contribution in [3.05, 3.63) is 113 Å². The summed E-state index contributed by atoms with van der Waals surface area (Å²) in [6.07, 6.45) is 7.06. The van der Waals surface area contributed by atoms with Gasteiger partial charge < -0.3 is 19.1 Å². The molecule has 6 heteroatoms. The van der Waals surface area contributed by atoms with Gasteiger partial charge in [-0.1, -0.05) is 66.7 Å². The number of hydrogen-bond acceptors (Lipinski definition) is 5. The van der Waals surface area contributed by atoms with Gasteiger partial charge in [-0.3, -0.25) is 4.79 Å². The van der Waals surface area contributed by atoms with E-state index in [-0.39, 0.29) is 12.5 Å². The molecular formula is C34H31NO5. The Morgan fingerprint density at radius 1 is 0.950 bits per heavy atom. The summed E-state index contributed by atoms with van der Waals surface area (Å²) in [4.78, 5) is 27.7. The van der Waals surface area contributed by atoms with E-state index in [9.17, 15) is 9.59 Å². The van der Waals surface area contributed by atoms with Crippen molar-refractivity contribution in [2.45, 2.75) is 26.0 Å². The van der Waals surface area contributed by atoms with Crippen LogP contribution in [0, 0.1) is 0 Å². The summed E-state index contributed by atoms with van der Waals surface area (Å²) in [6, 6.07) is 25.0. The number of benzene rings is 4. The van der Waals surface area contributed by atoms with E-state index in [1.54, 1.807) is 18.1 Å². The van der Waals surface area contributed by atoms with Crippen LogP contribution in [-0.4, -0.2) is 31.7 Å². The van der Waals surface area contributed by atoms with Gasteiger partial charge in [0.05, 0.1) is 20.8 Å². The first kappa shape index (κ1) is 26.8. The van der Waals surface area contributed by atoms with Crippen molar-refractivity contribution in [2.75, 3.05) is 19.1 Å². The van der Waals surface area contributed by atoms with E-state index in [0.717, 1.165) is 27.5 Å². The minimum atomic E-state index is -0.488. The van der Waals surface area contributed by atoms with E-state index < -0.39 is 11.6 Å². The molecule has 0 bridgehead atoms. The molecule has 0 N–H and O–H groups in total. The summed E-state index contributed by atoms with van der Waals surface area (Å²) < 4.78 is 16.9. The topological polar surface area (TPSA) is 65.1 Å². The van der Waals surface area contributed by atoms with Crippen LogP contribution in [-0.2, 0) is 16.1 Å². The van der Waals surface area contributed by atoms with E-state index >= 15 is 0 Å². The minimum Gasteiger partial charge on any atom is -0.492 e. The van der Waals surface area contributed by atoms with Crippen molar-refractivity contribution in [1.82, 2.24) is 0 Å². The predicted molar refractivity (Wildman–Crippen MR) is 159 cm³/mol. The van der Waals surface area contributed by atoms with Crippen molar-refractivity contribution in [2.24, 2.45) is 0 Å². The molecule has 1 amide bonds. The van der Waals surface area contributed by atoms with E-state index in [2.05, 4.69) is 0 Å². The summed E-state index contributed by atoms with van der Waals surface area (Å²) in [5, 5.41) is 1.85. The van der Waals surface area contributed by atoms with Gasteiger partial charge in [0.15, 0.2) is 11.5 Å². The van der Waals surface area contributed by atoms with Gasteiger partial charge in [-0.05, 0) is 60.5 Å². The summed E-state index contributed by atoms with van der Waals surface area (Å²) in [5.74, 6) is 0.629. The molecule has 0 saturated carbocycles. The maximum atomic E-state index is 14.3. The fourth-order valence-corrected chi connectivity index (χ4v) is 4.83. The number of rotatable bonds is 7. The Bertz CT molecular complexity index is 1640. The number of carbonyl (C=O) groups excluding carboxylic acids is 2. The van der Waals surface area contributed by atoms with Crippen LogP contribution >= 0.6 is 0 Å². The summed E-state index contributed by atoms with van der Waals surface area (Å²) >= 11 is 0. The first-order chi connectivity index (χ1) is 19.3. The van der Waals surface area contributed by atoms with E-state index in [1.165, 1.54) is 13.2 Å². The molecule has 1 aliphatic heterocycles. The Morgan fingerprint density at radius 2 is 1.73 bits per heavy atom. The number of esters is 1. The molecule has 5 rings (SSSR count). The van der Waals surface area contributed by atoms with Crippen LogP contribution in [0.4, 0.5) is 5.69 Å². The molecule has 0 radical (unpaired) electrons. The monoisotopic (exact) mass is 533 g/mol. The molecular weight excluding hydrogens is 502 g/mol. The first-order valence-electron chi connectivity index (χ1n) is 13.0. The van der Waals surface area contributed by atoms with Crippen LogP contribution in [0.15, 0.2) is 91.0 Å². The zero-order valence-electron chi connectivity index (χ0n) is 23.0. The number of anilines is 1. The highest BCUT2D eigenvalue weighted by atomic mass is 16.5. The quantitative estimate of drug-likeness (QED) is 0.188. The van der Waals surface area contributed by atoms with Crippen LogP contribution in [0.3, 0.4) is 0 Å². The molecule has 0 spiro atoms. The van der Waals surface area contributed by atoms with Gasteiger partial charge >= 0.3 is 5.97 Å². The largest absolute Gasteiger partial charge is 0.492 e. The second-order valence-electron chi connectivity index (χ2n) is 10.1. The van der Waals surface area contributed by atoms with Gasteiger partial charge in [-0.2, -0.15) is 0 Å². The van der Waals surface area contributed by atoms with Gasteiger partial charge in [0, 0.05) is 28.5 Å². The van der Waals surface area contributed by atoms with Gasteiger partial charge in [0.2, 0.25) is 0 Å². The molecule has 4 aromatic rings. The highest BCUT2D eigenvalue weighted by Gasteiger charge is 2.28. The molecule has 1 heterocycles. The van der Waals surface area contributed by atoms with Crippen LogP contribution in [0.1, 0.15) is 40.9 Å². The van der Waals surface area contributed by atoms with Gasteiger partial charge in [0.25, 0.3) is 5.91 Å². The standard InChI is InChI=1S/C34H31NO5/c1-34(2)20-19-25-16-17-26(31(39-4)32(25)40-34)22-35(27-12-7-9-23(21-27)15-18-30(36)38-3)33(37)29-14-8-11-24-10-5-6-13-28(24)29/h5-21H,22H2,1-4H3/b18-15+. The Balaban J connectivity index is 1.62. The maximum Gasteiger partial charge on any atom is 0.330 e. The Morgan fingerprint density at radius 3 is 2.52 bits per heavy atom. The van der Waals surface area contributed by atoms with Crippen molar-refractivity contribution < 1.29 is 23.8 Å². The molecule has 202 valence electrons. The lowest BCUT2D eigenvalue weighted by Gasteiger charge is -2.31. The Hall–Kier alpha value is -4.84. The third kappa shape index (κ3) is 5.47. The number of amides is 1. The van der Waals surface area contributed by atoms with E-state index in [4.69, 9.17) is 14.2 Å². The second-order valence-corrected chi connectivity index (χ2v) is 10.1. The average molecular weight is 534 g/mol. The molecule has 6 nitrogen and oxygen atoms in total. The third-order valence-electron chi connectivity index (χ3n) is 6.85. The van der Waals surface area contributed by atoms with E-state index in [1.807, 2.05) is 105 Å². The fraction of sp³-hybridized carbons (Fsp3) is 0.176. The normalized spacial score (nSPS) is 13.5. The van der Waals surface area contributed by atoms with Crippen LogP contribution in [0.25, 0.3) is 22.9 Å². The Kier molecular flexibility index (Phi) is 7.43. The van der Waals surface area contributed by atoms with Crippen molar-refractivity contribution >= 4 is 40.5 Å². The first-order valence-corrected chi connectivity index (χ1v) is 13.0.